The predicted molar refractivity (Wildman–Crippen MR) is 60.3 cm³/mol. The number of halogens is 2. The zero-order valence-electron chi connectivity index (χ0n) is 8.11. The van der Waals surface area contributed by atoms with Crippen molar-refractivity contribution in [3.63, 3.8) is 0 Å². The van der Waals surface area contributed by atoms with E-state index in [9.17, 15) is 0 Å². The Morgan fingerprint density at radius 2 is 2.13 bits per heavy atom. The fourth-order valence-corrected chi connectivity index (χ4v) is 1.73. The average Bonchev–Trinajstić information content (AvgIpc) is 2.57. The zero-order chi connectivity index (χ0) is 10.8. The van der Waals surface area contributed by atoms with E-state index in [1.165, 1.54) is 0 Å². The van der Waals surface area contributed by atoms with Crippen molar-refractivity contribution in [3.8, 4) is 0 Å². The molecule has 0 saturated carbocycles. The standard InChI is InChI=1S/C10H9Cl2N3/c1-7-13-2-3-15(7)6-10-9(12)4-8(11)5-14-10/h2-5H,6H2,1H3. The Morgan fingerprint density at radius 1 is 1.33 bits per heavy atom. The quantitative estimate of drug-likeness (QED) is 0.810. The number of aromatic nitrogens is 3. The summed E-state index contributed by atoms with van der Waals surface area (Å²) in [5.74, 6) is 0.933. The Hall–Kier alpha value is -1.06. The first-order valence-electron chi connectivity index (χ1n) is 4.44. The molecule has 0 radical (unpaired) electrons. The molecule has 0 amide bonds. The second-order valence-electron chi connectivity index (χ2n) is 3.18. The molecule has 0 saturated heterocycles. The summed E-state index contributed by atoms with van der Waals surface area (Å²) < 4.78 is 1.97. The topological polar surface area (TPSA) is 30.7 Å². The Kier molecular flexibility index (Phi) is 2.93. The monoisotopic (exact) mass is 241 g/mol. The van der Waals surface area contributed by atoms with Crippen molar-refractivity contribution in [2.45, 2.75) is 13.5 Å². The molecule has 5 heteroatoms. The summed E-state index contributed by atoms with van der Waals surface area (Å²) in [6.07, 6.45) is 5.23. The van der Waals surface area contributed by atoms with Crippen molar-refractivity contribution in [2.75, 3.05) is 0 Å². The van der Waals surface area contributed by atoms with Gasteiger partial charge in [0.25, 0.3) is 0 Å². The number of rotatable bonds is 2. The fraction of sp³-hybridized carbons (Fsp3) is 0.200. The molecule has 0 atom stereocenters. The van der Waals surface area contributed by atoms with Gasteiger partial charge in [-0.1, -0.05) is 23.2 Å². The summed E-state index contributed by atoms with van der Waals surface area (Å²) in [5, 5.41) is 1.13. The highest BCUT2D eigenvalue weighted by Gasteiger charge is 2.05. The van der Waals surface area contributed by atoms with Gasteiger partial charge in [0, 0.05) is 18.6 Å². The molecule has 0 unspecified atom stereocenters. The molecule has 2 rings (SSSR count). The lowest BCUT2D eigenvalue weighted by Gasteiger charge is -2.06. The minimum atomic E-state index is 0.547. The van der Waals surface area contributed by atoms with E-state index in [2.05, 4.69) is 9.97 Å². The Morgan fingerprint density at radius 3 is 2.73 bits per heavy atom. The first kappa shape index (κ1) is 10.5. The molecule has 0 aliphatic rings. The van der Waals surface area contributed by atoms with Gasteiger partial charge in [0.2, 0.25) is 0 Å². The number of hydrogen-bond donors (Lipinski definition) is 0. The van der Waals surface area contributed by atoms with Gasteiger partial charge in [-0.15, -0.1) is 0 Å². The van der Waals surface area contributed by atoms with Crippen LogP contribution in [-0.4, -0.2) is 14.5 Å². The van der Waals surface area contributed by atoms with Crippen LogP contribution in [0.3, 0.4) is 0 Å². The third kappa shape index (κ3) is 2.30. The third-order valence-corrected chi connectivity index (χ3v) is 2.66. The highest BCUT2D eigenvalue weighted by Crippen LogP contribution is 2.19. The van der Waals surface area contributed by atoms with Gasteiger partial charge < -0.3 is 4.57 Å². The van der Waals surface area contributed by atoms with Crippen molar-refractivity contribution >= 4 is 23.2 Å². The van der Waals surface area contributed by atoms with Gasteiger partial charge in [0.15, 0.2) is 0 Å². The van der Waals surface area contributed by atoms with Crippen molar-refractivity contribution in [1.29, 1.82) is 0 Å². The van der Waals surface area contributed by atoms with Crippen LogP contribution in [0.25, 0.3) is 0 Å². The summed E-state index contributed by atoms with van der Waals surface area (Å²) in [6, 6.07) is 1.69. The predicted octanol–water partition coefficient (Wildman–Crippen LogP) is 2.94. The van der Waals surface area contributed by atoms with E-state index in [4.69, 9.17) is 23.2 Å². The van der Waals surface area contributed by atoms with Crippen molar-refractivity contribution in [1.82, 2.24) is 14.5 Å². The third-order valence-electron chi connectivity index (χ3n) is 2.13. The van der Waals surface area contributed by atoms with Crippen molar-refractivity contribution < 1.29 is 0 Å². The molecular weight excluding hydrogens is 233 g/mol. The van der Waals surface area contributed by atoms with Gasteiger partial charge in [-0.2, -0.15) is 0 Å². The van der Waals surface area contributed by atoms with Crippen LogP contribution in [-0.2, 0) is 6.54 Å². The average molecular weight is 242 g/mol. The Bertz CT molecular complexity index is 479. The number of aryl methyl sites for hydroxylation is 1. The minimum Gasteiger partial charge on any atom is -0.329 e. The van der Waals surface area contributed by atoms with Crippen LogP contribution in [0.1, 0.15) is 11.5 Å². The SMILES string of the molecule is Cc1nccn1Cc1ncc(Cl)cc1Cl. The normalized spacial score (nSPS) is 10.6. The van der Waals surface area contributed by atoms with E-state index in [1.807, 2.05) is 17.7 Å². The van der Waals surface area contributed by atoms with Gasteiger partial charge in [-0.3, -0.25) is 4.98 Å². The maximum Gasteiger partial charge on any atom is 0.105 e. The van der Waals surface area contributed by atoms with Crippen LogP contribution in [0.2, 0.25) is 10.0 Å². The maximum absolute atomic E-state index is 6.02. The van der Waals surface area contributed by atoms with E-state index in [-0.39, 0.29) is 0 Å². The van der Waals surface area contributed by atoms with Gasteiger partial charge in [-0.25, -0.2) is 4.98 Å². The first-order valence-corrected chi connectivity index (χ1v) is 5.20. The summed E-state index contributed by atoms with van der Waals surface area (Å²) in [7, 11) is 0. The molecule has 0 aromatic carbocycles. The van der Waals surface area contributed by atoms with Crippen LogP contribution in [0.4, 0.5) is 0 Å². The molecule has 0 aliphatic heterocycles. The highest BCUT2D eigenvalue weighted by atomic mass is 35.5. The molecule has 2 aromatic rings. The van der Waals surface area contributed by atoms with E-state index in [0.29, 0.717) is 16.6 Å². The van der Waals surface area contributed by atoms with E-state index >= 15 is 0 Å². The second kappa shape index (κ2) is 4.21. The number of hydrogen-bond acceptors (Lipinski definition) is 2. The molecule has 0 N–H and O–H groups in total. The zero-order valence-corrected chi connectivity index (χ0v) is 9.63. The molecule has 78 valence electrons. The van der Waals surface area contributed by atoms with Gasteiger partial charge in [-0.05, 0) is 13.0 Å². The van der Waals surface area contributed by atoms with E-state index in [1.54, 1.807) is 18.5 Å². The molecular formula is C10H9Cl2N3. The van der Waals surface area contributed by atoms with Crippen LogP contribution in [0.15, 0.2) is 24.7 Å². The maximum atomic E-state index is 6.02. The fourth-order valence-electron chi connectivity index (χ4n) is 1.29. The number of pyridine rings is 1. The molecule has 15 heavy (non-hydrogen) atoms. The molecule has 0 fully saturated rings. The summed E-state index contributed by atoms with van der Waals surface area (Å²) >= 11 is 11.8. The van der Waals surface area contributed by atoms with Gasteiger partial charge >= 0.3 is 0 Å². The Labute approximate surface area is 97.7 Å². The lowest BCUT2D eigenvalue weighted by Crippen LogP contribution is -2.03. The first-order chi connectivity index (χ1) is 7.16. The molecule has 2 heterocycles. The molecule has 2 aromatic heterocycles. The van der Waals surface area contributed by atoms with E-state index < -0.39 is 0 Å². The van der Waals surface area contributed by atoms with Crippen molar-refractivity contribution in [2.24, 2.45) is 0 Å². The van der Waals surface area contributed by atoms with Crippen molar-refractivity contribution in [3.05, 3.63) is 46.2 Å². The second-order valence-corrected chi connectivity index (χ2v) is 4.03. The lowest BCUT2D eigenvalue weighted by atomic mass is 10.3. The molecule has 0 spiro atoms. The number of imidazole rings is 1. The highest BCUT2D eigenvalue weighted by molar-refractivity contribution is 6.34. The summed E-state index contributed by atoms with van der Waals surface area (Å²) in [6.45, 7) is 2.55. The summed E-state index contributed by atoms with van der Waals surface area (Å²) in [5.41, 5.74) is 0.794. The Balaban J connectivity index is 2.29. The minimum absolute atomic E-state index is 0.547. The van der Waals surface area contributed by atoms with Gasteiger partial charge in [0.1, 0.15) is 5.82 Å². The van der Waals surface area contributed by atoms with Crippen LogP contribution in [0.5, 0.6) is 0 Å². The molecule has 0 aliphatic carbocycles. The number of nitrogens with zero attached hydrogens (tertiary/aromatic N) is 3. The van der Waals surface area contributed by atoms with Crippen LogP contribution < -0.4 is 0 Å². The lowest BCUT2D eigenvalue weighted by molar-refractivity contribution is 0.742. The van der Waals surface area contributed by atoms with Gasteiger partial charge in [0.05, 0.1) is 22.3 Å². The summed E-state index contributed by atoms with van der Waals surface area (Å²) in [4.78, 5) is 8.31. The molecule has 0 bridgehead atoms. The van der Waals surface area contributed by atoms with E-state index in [0.717, 1.165) is 11.5 Å². The van der Waals surface area contributed by atoms with Crippen LogP contribution in [0, 0.1) is 6.92 Å². The largest absolute Gasteiger partial charge is 0.329 e. The van der Waals surface area contributed by atoms with Crippen LogP contribution >= 0.6 is 23.2 Å². The smallest absolute Gasteiger partial charge is 0.105 e. The molecule has 3 nitrogen and oxygen atoms in total.